The SMILES string of the molecule is F.F.F.O=[N+]([O-])c1cccc([S])c1[N+](=O)[O-]. The Kier molecular flexibility index (Phi) is 8.98. The van der Waals surface area contributed by atoms with Crippen molar-refractivity contribution in [2.24, 2.45) is 0 Å². The maximum atomic E-state index is 10.4. The van der Waals surface area contributed by atoms with E-state index in [4.69, 9.17) is 0 Å². The zero-order valence-corrected chi connectivity index (χ0v) is 8.21. The number of hydrogen-bond acceptors (Lipinski definition) is 4. The highest BCUT2D eigenvalue weighted by Gasteiger charge is 2.26. The Morgan fingerprint density at radius 3 is 1.81 bits per heavy atom. The average molecular weight is 259 g/mol. The van der Waals surface area contributed by atoms with Gasteiger partial charge >= 0.3 is 11.4 Å². The maximum absolute atomic E-state index is 10.4. The Morgan fingerprint density at radius 2 is 1.50 bits per heavy atom. The first-order valence-electron chi connectivity index (χ1n) is 3.13. The summed E-state index contributed by atoms with van der Waals surface area (Å²) in [4.78, 5) is 18.9. The van der Waals surface area contributed by atoms with E-state index in [1.165, 1.54) is 12.1 Å². The second-order valence-corrected chi connectivity index (χ2v) is 2.58. The maximum Gasteiger partial charge on any atom is 0.363 e. The first kappa shape index (κ1) is 19.6. The van der Waals surface area contributed by atoms with E-state index in [-0.39, 0.29) is 19.0 Å². The summed E-state index contributed by atoms with van der Waals surface area (Å²) in [7, 11) is 0. The lowest BCUT2D eigenvalue weighted by Gasteiger charge is -1.95. The van der Waals surface area contributed by atoms with Crippen LogP contribution >= 0.6 is 12.6 Å². The molecule has 91 valence electrons. The molecule has 0 saturated heterocycles. The van der Waals surface area contributed by atoms with Gasteiger partial charge in [0.05, 0.1) is 9.85 Å². The van der Waals surface area contributed by atoms with Crippen LogP contribution in [0, 0.1) is 20.2 Å². The average Bonchev–Trinajstić information content (AvgIpc) is 2.02. The van der Waals surface area contributed by atoms with E-state index in [2.05, 4.69) is 12.6 Å². The first-order chi connectivity index (χ1) is 6.04. The quantitative estimate of drug-likeness (QED) is 0.603. The molecule has 0 aromatic heterocycles. The van der Waals surface area contributed by atoms with Gasteiger partial charge in [-0.05, 0) is 6.07 Å². The second-order valence-electron chi connectivity index (χ2n) is 2.14. The number of para-hydroxylation sites is 1. The van der Waals surface area contributed by atoms with E-state index in [0.717, 1.165) is 6.07 Å². The Hall–Kier alpha value is -1.97. The van der Waals surface area contributed by atoms with Crippen molar-refractivity contribution in [3.05, 3.63) is 38.4 Å². The summed E-state index contributed by atoms with van der Waals surface area (Å²) in [6.07, 6.45) is 0. The molecule has 0 spiro atoms. The molecule has 0 aliphatic rings. The molecule has 6 nitrogen and oxygen atoms in total. The van der Waals surface area contributed by atoms with Gasteiger partial charge < -0.3 is 0 Å². The highest BCUT2D eigenvalue weighted by Crippen LogP contribution is 2.32. The van der Waals surface area contributed by atoms with Gasteiger partial charge in [-0.3, -0.25) is 34.3 Å². The summed E-state index contributed by atoms with van der Waals surface area (Å²) in [6, 6.07) is 3.64. The van der Waals surface area contributed by atoms with Crippen LogP contribution in [0.25, 0.3) is 0 Å². The third-order valence-electron chi connectivity index (χ3n) is 1.36. The van der Waals surface area contributed by atoms with Gasteiger partial charge in [-0.25, -0.2) is 0 Å². The van der Waals surface area contributed by atoms with Crippen LogP contribution in [0.5, 0.6) is 0 Å². The minimum absolute atomic E-state index is 0. The van der Waals surface area contributed by atoms with Gasteiger partial charge in [-0.1, -0.05) is 18.7 Å². The topological polar surface area (TPSA) is 86.3 Å². The van der Waals surface area contributed by atoms with Crippen molar-refractivity contribution < 1.29 is 24.0 Å². The first-order valence-corrected chi connectivity index (χ1v) is 3.53. The standard InChI is InChI=1S/C6H3N2O4S.3FH/c9-7(10)4-2-1-3-5(13)6(4)8(11)12;;;/h1-3H;3*1H. The number of benzene rings is 1. The van der Waals surface area contributed by atoms with Crippen LogP contribution in [0.4, 0.5) is 25.5 Å². The Morgan fingerprint density at radius 1 is 1.00 bits per heavy atom. The lowest BCUT2D eigenvalue weighted by atomic mass is 10.3. The molecule has 0 amide bonds. The highest BCUT2D eigenvalue weighted by atomic mass is 32.1. The largest absolute Gasteiger partial charge is 0.363 e. The molecule has 0 atom stereocenters. The lowest BCUT2D eigenvalue weighted by molar-refractivity contribution is -0.424. The molecule has 0 N–H and O–H groups in total. The third-order valence-corrected chi connectivity index (χ3v) is 1.69. The summed E-state index contributed by atoms with van der Waals surface area (Å²) in [5.74, 6) is 0. The van der Waals surface area contributed by atoms with Gasteiger partial charge in [-0.2, -0.15) is 0 Å². The Balaban J connectivity index is -0.000000563. The van der Waals surface area contributed by atoms with Gasteiger partial charge in [0, 0.05) is 6.07 Å². The molecule has 1 aromatic rings. The van der Waals surface area contributed by atoms with Crippen molar-refractivity contribution in [1.82, 2.24) is 0 Å². The fraction of sp³-hybridized carbons (Fsp3) is 0. The van der Waals surface area contributed by atoms with E-state index in [1.807, 2.05) is 0 Å². The predicted octanol–water partition coefficient (Wildman–Crippen LogP) is 2.52. The van der Waals surface area contributed by atoms with Crippen molar-refractivity contribution in [3.63, 3.8) is 0 Å². The summed E-state index contributed by atoms with van der Waals surface area (Å²) in [5, 5.41) is 20.7. The zero-order valence-electron chi connectivity index (χ0n) is 7.39. The number of halogens is 3. The molecule has 1 aromatic carbocycles. The van der Waals surface area contributed by atoms with Crippen molar-refractivity contribution in [2.45, 2.75) is 4.90 Å². The Labute approximate surface area is 92.1 Å². The van der Waals surface area contributed by atoms with E-state index in [9.17, 15) is 20.2 Å². The molecular weight excluding hydrogens is 253 g/mol. The van der Waals surface area contributed by atoms with Gasteiger partial charge in [0.15, 0.2) is 0 Å². The van der Waals surface area contributed by atoms with Crippen LogP contribution in [-0.4, -0.2) is 9.85 Å². The molecule has 1 rings (SSSR count). The molecule has 0 heterocycles. The van der Waals surface area contributed by atoms with Crippen LogP contribution in [0.15, 0.2) is 23.1 Å². The van der Waals surface area contributed by atoms with Crippen LogP contribution in [0.2, 0.25) is 0 Å². The van der Waals surface area contributed by atoms with Crippen LogP contribution < -0.4 is 0 Å². The molecular formula is C6H6F3N2O4S. The van der Waals surface area contributed by atoms with Crippen molar-refractivity contribution in [1.29, 1.82) is 0 Å². The molecule has 16 heavy (non-hydrogen) atoms. The summed E-state index contributed by atoms with van der Waals surface area (Å²) in [5.41, 5.74) is -1.19. The molecule has 0 saturated carbocycles. The number of nitrogens with zero attached hydrogens (tertiary/aromatic N) is 2. The van der Waals surface area contributed by atoms with Gasteiger partial charge in [0.2, 0.25) is 0 Å². The molecule has 0 bridgehead atoms. The van der Waals surface area contributed by atoms with E-state index >= 15 is 0 Å². The van der Waals surface area contributed by atoms with E-state index in [0.29, 0.717) is 0 Å². The number of nitro groups is 2. The minimum Gasteiger partial charge on any atom is -0.269 e. The number of hydrogen-bond donors (Lipinski definition) is 0. The van der Waals surface area contributed by atoms with Gasteiger partial charge in [0.1, 0.15) is 4.90 Å². The van der Waals surface area contributed by atoms with Gasteiger partial charge in [0.25, 0.3) is 0 Å². The monoisotopic (exact) mass is 259 g/mol. The fourth-order valence-corrected chi connectivity index (χ4v) is 1.10. The highest BCUT2D eigenvalue weighted by molar-refractivity contribution is 7.80. The predicted molar refractivity (Wildman–Crippen MR) is 53.1 cm³/mol. The fourth-order valence-electron chi connectivity index (χ4n) is 0.842. The number of nitro benzene ring substituents is 2. The molecule has 0 aliphatic heterocycles. The molecule has 1 radical (unpaired) electrons. The molecule has 10 heteroatoms. The van der Waals surface area contributed by atoms with Gasteiger partial charge in [-0.15, -0.1) is 0 Å². The Bertz CT molecular complexity index is 390. The minimum atomic E-state index is -0.847. The van der Waals surface area contributed by atoms with Crippen LogP contribution in [-0.2, 0) is 0 Å². The van der Waals surface area contributed by atoms with Crippen molar-refractivity contribution in [3.8, 4) is 0 Å². The zero-order chi connectivity index (χ0) is 10.0. The lowest BCUT2D eigenvalue weighted by Crippen LogP contribution is -1.96. The number of rotatable bonds is 2. The van der Waals surface area contributed by atoms with E-state index in [1.54, 1.807) is 0 Å². The van der Waals surface area contributed by atoms with Crippen LogP contribution in [0.3, 0.4) is 0 Å². The summed E-state index contributed by atoms with van der Waals surface area (Å²) < 4.78 is 0. The summed E-state index contributed by atoms with van der Waals surface area (Å²) >= 11 is 4.59. The summed E-state index contributed by atoms with van der Waals surface area (Å²) in [6.45, 7) is 0. The normalized spacial score (nSPS) is 7.75. The molecule has 0 fully saturated rings. The smallest absolute Gasteiger partial charge is 0.269 e. The molecule has 0 aliphatic carbocycles. The molecule has 0 unspecified atom stereocenters. The third kappa shape index (κ3) is 3.65. The van der Waals surface area contributed by atoms with Crippen molar-refractivity contribution >= 4 is 24.0 Å². The van der Waals surface area contributed by atoms with Crippen molar-refractivity contribution in [2.75, 3.05) is 0 Å². The van der Waals surface area contributed by atoms with Crippen LogP contribution in [0.1, 0.15) is 0 Å². The van der Waals surface area contributed by atoms with E-state index < -0.39 is 21.2 Å². The second kappa shape index (κ2) is 7.34.